The predicted octanol–water partition coefficient (Wildman–Crippen LogP) is 6.09. The molecule has 178 valence electrons. The fourth-order valence-electron chi connectivity index (χ4n) is 4.87. The maximum atomic E-state index is 12.8. The second-order valence-electron chi connectivity index (χ2n) is 8.92. The van der Waals surface area contributed by atoms with Gasteiger partial charge in [-0.25, -0.2) is 4.98 Å². The minimum absolute atomic E-state index is 0.128. The molecule has 0 aliphatic carbocycles. The lowest BCUT2D eigenvalue weighted by Gasteiger charge is -2.29. The molecule has 3 heterocycles. The fourth-order valence-corrected chi connectivity index (χ4v) is 6.29. The number of thiophene rings is 1. The third-order valence-corrected chi connectivity index (χ3v) is 8.35. The van der Waals surface area contributed by atoms with Crippen molar-refractivity contribution in [2.24, 2.45) is 14.1 Å². The molecule has 6 rings (SSSR count). The molecule has 0 saturated heterocycles. The minimum Gasteiger partial charge on any atom is -0.374 e. The average molecular weight is 512 g/mol. The van der Waals surface area contributed by atoms with Crippen LogP contribution in [0.1, 0.15) is 16.1 Å². The normalized spacial score (nSPS) is 13.3. The van der Waals surface area contributed by atoms with Gasteiger partial charge in [0.05, 0.1) is 23.7 Å². The van der Waals surface area contributed by atoms with E-state index in [2.05, 4.69) is 11.1 Å². The van der Waals surface area contributed by atoms with Gasteiger partial charge in [-0.05, 0) is 46.8 Å². The van der Waals surface area contributed by atoms with Gasteiger partial charge in [-0.2, -0.15) is 0 Å². The average Bonchev–Trinajstić information content (AvgIpc) is 3.52. The summed E-state index contributed by atoms with van der Waals surface area (Å²) in [5, 5.41) is 15.0. The Bertz CT molecular complexity index is 1800. The highest BCUT2D eigenvalue weighted by Gasteiger charge is 2.38. The smallest absolute Gasteiger partial charge is 0.251 e. The molecule has 1 atom stereocenters. The summed E-state index contributed by atoms with van der Waals surface area (Å²) in [7, 11) is 3.63. The standard InChI is InChI=1S/C29H22ClN3O2S/c1-32-17-31-16-26(32)29(35,27-13-18-7-3-6-10-25(18)36-27)19-11-12-24-22(14-19)21(15-28(34)33(24)2)20-8-4-5-9-23(20)30/h3-17,35H,1-2H3. The highest BCUT2D eigenvalue weighted by molar-refractivity contribution is 7.19. The number of aliphatic hydroxyl groups is 1. The van der Waals surface area contributed by atoms with Crippen LogP contribution < -0.4 is 5.56 Å². The van der Waals surface area contributed by atoms with Gasteiger partial charge in [-0.1, -0.05) is 54.1 Å². The van der Waals surface area contributed by atoms with E-state index in [0.29, 0.717) is 16.3 Å². The highest BCUT2D eigenvalue weighted by atomic mass is 35.5. The Kier molecular flexibility index (Phi) is 5.34. The van der Waals surface area contributed by atoms with Crippen molar-refractivity contribution >= 4 is 43.9 Å². The molecule has 6 aromatic rings. The van der Waals surface area contributed by atoms with Crippen LogP contribution in [0.5, 0.6) is 0 Å². The molecule has 0 aliphatic rings. The van der Waals surface area contributed by atoms with Gasteiger partial charge in [0, 0.05) is 45.7 Å². The van der Waals surface area contributed by atoms with Gasteiger partial charge in [0.25, 0.3) is 5.56 Å². The number of rotatable bonds is 4. The number of pyridine rings is 1. The van der Waals surface area contributed by atoms with E-state index in [4.69, 9.17) is 11.6 Å². The van der Waals surface area contributed by atoms with Crippen LogP contribution in [0, 0.1) is 0 Å². The molecule has 5 nitrogen and oxygen atoms in total. The van der Waals surface area contributed by atoms with Crippen LogP contribution in [-0.4, -0.2) is 19.2 Å². The number of imidazole rings is 1. The molecule has 1 unspecified atom stereocenters. The molecular formula is C29H22ClN3O2S. The Morgan fingerprint density at radius 3 is 2.47 bits per heavy atom. The predicted molar refractivity (Wildman–Crippen MR) is 147 cm³/mol. The first kappa shape index (κ1) is 22.7. The lowest BCUT2D eigenvalue weighted by Crippen LogP contribution is -2.30. The number of aromatic nitrogens is 3. The molecule has 3 aromatic carbocycles. The van der Waals surface area contributed by atoms with Gasteiger partial charge >= 0.3 is 0 Å². The summed E-state index contributed by atoms with van der Waals surface area (Å²) in [4.78, 5) is 17.9. The Labute approximate surface area is 216 Å². The van der Waals surface area contributed by atoms with E-state index in [1.165, 1.54) is 0 Å². The zero-order valence-electron chi connectivity index (χ0n) is 19.6. The number of nitrogens with zero attached hydrogens (tertiary/aromatic N) is 3. The minimum atomic E-state index is -1.46. The van der Waals surface area contributed by atoms with E-state index in [0.717, 1.165) is 37.0 Å². The summed E-state index contributed by atoms with van der Waals surface area (Å²) in [6.07, 6.45) is 3.39. The van der Waals surface area contributed by atoms with Gasteiger partial charge in [0.15, 0.2) is 5.60 Å². The lowest BCUT2D eigenvalue weighted by molar-refractivity contribution is 0.121. The first-order chi connectivity index (χ1) is 17.4. The third kappa shape index (κ3) is 3.41. The van der Waals surface area contributed by atoms with Crippen molar-refractivity contribution in [3.8, 4) is 11.1 Å². The van der Waals surface area contributed by atoms with Crippen molar-refractivity contribution in [2.45, 2.75) is 5.60 Å². The van der Waals surface area contributed by atoms with Gasteiger partial charge in [-0.15, -0.1) is 11.3 Å². The topological polar surface area (TPSA) is 60.0 Å². The molecule has 0 amide bonds. The van der Waals surface area contributed by atoms with Crippen LogP contribution in [0.3, 0.4) is 0 Å². The Hall–Kier alpha value is -3.71. The number of aryl methyl sites for hydroxylation is 2. The van der Waals surface area contributed by atoms with Gasteiger partial charge in [0.2, 0.25) is 0 Å². The second kappa shape index (κ2) is 8.45. The number of hydrogen-bond donors (Lipinski definition) is 1. The van der Waals surface area contributed by atoms with Crippen molar-refractivity contribution in [2.75, 3.05) is 0 Å². The zero-order chi connectivity index (χ0) is 25.0. The molecule has 7 heteroatoms. The lowest BCUT2D eigenvalue weighted by atomic mass is 9.86. The van der Waals surface area contributed by atoms with Gasteiger partial charge < -0.3 is 14.2 Å². The van der Waals surface area contributed by atoms with Crippen LogP contribution in [0.2, 0.25) is 5.02 Å². The van der Waals surface area contributed by atoms with Crippen molar-refractivity contribution in [1.29, 1.82) is 0 Å². The quantitative estimate of drug-likeness (QED) is 0.311. The summed E-state index contributed by atoms with van der Waals surface area (Å²) in [5.74, 6) is 0. The number of benzene rings is 3. The SMILES string of the molecule is Cn1cncc1C(O)(c1ccc2c(c1)c(-c1ccccc1Cl)cc(=O)n2C)c1cc2ccccc2s1. The number of halogens is 1. The summed E-state index contributed by atoms with van der Waals surface area (Å²) in [6, 6.07) is 25.0. The Morgan fingerprint density at radius 2 is 1.72 bits per heavy atom. The van der Waals surface area contributed by atoms with E-state index < -0.39 is 5.60 Å². The summed E-state index contributed by atoms with van der Waals surface area (Å²) < 4.78 is 4.54. The number of hydrogen-bond acceptors (Lipinski definition) is 4. The maximum absolute atomic E-state index is 12.8. The first-order valence-electron chi connectivity index (χ1n) is 11.5. The first-order valence-corrected chi connectivity index (χ1v) is 12.6. The van der Waals surface area contributed by atoms with E-state index in [1.54, 1.807) is 41.5 Å². The molecule has 0 spiro atoms. The Balaban J connectivity index is 1.68. The zero-order valence-corrected chi connectivity index (χ0v) is 21.2. The molecule has 3 aromatic heterocycles. The van der Waals surface area contributed by atoms with Crippen molar-refractivity contribution in [3.05, 3.63) is 123 Å². The van der Waals surface area contributed by atoms with E-state index in [-0.39, 0.29) is 5.56 Å². The molecular weight excluding hydrogens is 490 g/mol. The largest absolute Gasteiger partial charge is 0.374 e. The molecule has 0 saturated carbocycles. The van der Waals surface area contributed by atoms with E-state index in [1.807, 2.05) is 78.3 Å². The summed E-state index contributed by atoms with van der Waals surface area (Å²) >= 11 is 8.11. The van der Waals surface area contributed by atoms with Crippen molar-refractivity contribution in [1.82, 2.24) is 14.1 Å². The second-order valence-corrected chi connectivity index (χ2v) is 10.4. The van der Waals surface area contributed by atoms with E-state index in [9.17, 15) is 9.90 Å². The molecule has 0 fully saturated rings. The molecule has 0 radical (unpaired) electrons. The van der Waals surface area contributed by atoms with Crippen LogP contribution in [0.4, 0.5) is 0 Å². The Morgan fingerprint density at radius 1 is 0.944 bits per heavy atom. The molecule has 36 heavy (non-hydrogen) atoms. The third-order valence-electron chi connectivity index (χ3n) is 6.80. The molecule has 0 aliphatic heterocycles. The van der Waals surface area contributed by atoms with Crippen LogP contribution in [0.15, 0.2) is 96.2 Å². The monoisotopic (exact) mass is 511 g/mol. The highest BCUT2D eigenvalue weighted by Crippen LogP contribution is 2.43. The maximum Gasteiger partial charge on any atom is 0.251 e. The van der Waals surface area contributed by atoms with E-state index >= 15 is 0 Å². The van der Waals surface area contributed by atoms with Crippen LogP contribution in [-0.2, 0) is 19.7 Å². The fraction of sp³-hybridized carbons (Fsp3) is 0.103. The van der Waals surface area contributed by atoms with Crippen LogP contribution in [0.25, 0.3) is 32.1 Å². The summed E-state index contributed by atoms with van der Waals surface area (Å²) in [5.41, 5.74) is 1.99. The number of fused-ring (bicyclic) bond motifs is 2. The van der Waals surface area contributed by atoms with Gasteiger partial charge in [-0.3, -0.25) is 4.79 Å². The van der Waals surface area contributed by atoms with Crippen molar-refractivity contribution < 1.29 is 5.11 Å². The van der Waals surface area contributed by atoms with Gasteiger partial charge in [0.1, 0.15) is 0 Å². The molecule has 0 bridgehead atoms. The van der Waals surface area contributed by atoms with Crippen LogP contribution >= 0.6 is 22.9 Å². The molecule has 1 N–H and O–H groups in total. The summed E-state index contributed by atoms with van der Waals surface area (Å²) in [6.45, 7) is 0. The van der Waals surface area contributed by atoms with Crippen molar-refractivity contribution in [3.63, 3.8) is 0 Å².